The fourth-order valence-corrected chi connectivity index (χ4v) is 2.16. The summed E-state index contributed by atoms with van der Waals surface area (Å²) in [5.74, 6) is -1.63. The van der Waals surface area contributed by atoms with Gasteiger partial charge in [-0.2, -0.15) is 13.2 Å². The smallest absolute Gasteiger partial charge is 0.426 e. The number of rotatable bonds is 8. The van der Waals surface area contributed by atoms with Gasteiger partial charge in [-0.15, -0.1) is 0 Å². The largest absolute Gasteiger partial charge is 0.464 e. The third kappa shape index (κ3) is 7.54. The van der Waals surface area contributed by atoms with Crippen molar-refractivity contribution >= 4 is 13.6 Å². The number of carbonyl (C=O) groups is 1. The van der Waals surface area contributed by atoms with E-state index in [4.69, 9.17) is 4.52 Å². The monoisotopic (exact) mass is 306 g/mol. The minimum Gasteiger partial charge on any atom is -0.464 e. The third-order valence-corrected chi connectivity index (χ3v) is 3.16. The highest BCUT2D eigenvalue weighted by atomic mass is 31.2. The Balaban J connectivity index is 4.72. The van der Waals surface area contributed by atoms with Crippen LogP contribution in [-0.2, 0) is 23.1 Å². The molecule has 0 N–H and O–H groups in total. The van der Waals surface area contributed by atoms with E-state index in [2.05, 4.69) is 9.26 Å². The quantitative estimate of drug-likeness (QED) is 0.392. The first kappa shape index (κ1) is 18.4. The number of hydrogen-bond acceptors (Lipinski definition) is 5. The van der Waals surface area contributed by atoms with Gasteiger partial charge in [0.25, 0.3) is 6.10 Å². The maximum Gasteiger partial charge on any atom is 0.426 e. The molecular weight excluding hydrogens is 288 g/mol. The van der Waals surface area contributed by atoms with Crippen molar-refractivity contribution in [1.82, 2.24) is 0 Å². The van der Waals surface area contributed by atoms with Crippen LogP contribution < -0.4 is 0 Å². The van der Waals surface area contributed by atoms with Crippen LogP contribution in [-0.4, -0.2) is 38.1 Å². The highest BCUT2D eigenvalue weighted by molar-refractivity contribution is 7.53. The molecule has 2 atom stereocenters. The molecule has 0 aromatic heterocycles. The Bertz CT molecular complexity index is 332. The van der Waals surface area contributed by atoms with Crippen molar-refractivity contribution in [2.45, 2.75) is 39.0 Å². The molecule has 5 nitrogen and oxygen atoms in total. The van der Waals surface area contributed by atoms with Crippen molar-refractivity contribution in [3.05, 3.63) is 0 Å². The normalized spacial score (nSPS) is 16.7. The Kier molecular flexibility index (Phi) is 7.62. The molecule has 0 radical (unpaired) electrons. The molecule has 0 aliphatic heterocycles. The second kappa shape index (κ2) is 7.87. The number of carbonyl (C=O) groups excluding carboxylic acids is 1. The summed E-state index contributed by atoms with van der Waals surface area (Å²) in [5, 5.41) is 0. The van der Waals surface area contributed by atoms with Crippen LogP contribution in [0.4, 0.5) is 13.2 Å². The van der Waals surface area contributed by atoms with Gasteiger partial charge in [0, 0.05) is 6.66 Å². The van der Waals surface area contributed by atoms with Gasteiger partial charge in [0.2, 0.25) is 0 Å². The number of hydrogen-bond donors (Lipinski definition) is 0. The van der Waals surface area contributed by atoms with E-state index >= 15 is 0 Å². The summed E-state index contributed by atoms with van der Waals surface area (Å²) in [5.41, 5.74) is 0. The number of ether oxygens (including phenoxy) is 1. The van der Waals surface area contributed by atoms with Crippen molar-refractivity contribution in [3.63, 3.8) is 0 Å². The van der Waals surface area contributed by atoms with Gasteiger partial charge in [-0.1, -0.05) is 13.3 Å². The Labute approximate surface area is 109 Å². The zero-order valence-corrected chi connectivity index (χ0v) is 11.9. The maximum atomic E-state index is 12.6. The van der Waals surface area contributed by atoms with Gasteiger partial charge in [-0.05, 0) is 13.3 Å². The second-order valence-corrected chi connectivity index (χ2v) is 5.75. The first-order chi connectivity index (χ1) is 8.64. The van der Waals surface area contributed by atoms with Gasteiger partial charge < -0.3 is 9.26 Å². The minimum absolute atomic E-state index is 0.00230. The summed E-state index contributed by atoms with van der Waals surface area (Å²) >= 11 is 0. The van der Waals surface area contributed by atoms with Gasteiger partial charge >= 0.3 is 19.7 Å². The molecule has 0 spiro atoms. The molecule has 0 aromatic rings. The molecule has 9 heteroatoms. The van der Waals surface area contributed by atoms with E-state index < -0.39 is 25.8 Å². The van der Waals surface area contributed by atoms with Gasteiger partial charge in [-0.25, -0.2) is 4.79 Å². The van der Waals surface area contributed by atoms with E-state index in [0.717, 1.165) is 13.1 Å². The topological polar surface area (TPSA) is 61.8 Å². The molecule has 0 unspecified atom stereocenters. The second-order valence-electron chi connectivity index (χ2n) is 3.74. The standard InChI is InChI=1S/C10H18F3O5P/c1-4-6-7-17-19(3,15)18-8(10(11,12)13)9(14)16-5-2/h8H,4-7H2,1-3H3/t8-,19+/m0/s1. The Morgan fingerprint density at radius 1 is 1.32 bits per heavy atom. The van der Waals surface area contributed by atoms with Gasteiger partial charge in [0.15, 0.2) is 0 Å². The van der Waals surface area contributed by atoms with Crippen LogP contribution in [0, 0.1) is 0 Å². The number of esters is 1. The van der Waals surface area contributed by atoms with E-state index in [-0.39, 0.29) is 13.2 Å². The van der Waals surface area contributed by atoms with E-state index in [1.165, 1.54) is 6.92 Å². The van der Waals surface area contributed by atoms with Gasteiger partial charge in [0.1, 0.15) is 0 Å². The van der Waals surface area contributed by atoms with Crippen LogP contribution in [0.3, 0.4) is 0 Å². The molecule has 0 heterocycles. The van der Waals surface area contributed by atoms with E-state index in [1.807, 2.05) is 6.92 Å². The molecule has 0 aromatic carbocycles. The van der Waals surface area contributed by atoms with Gasteiger partial charge in [-0.3, -0.25) is 9.09 Å². The third-order valence-electron chi connectivity index (χ3n) is 1.92. The first-order valence-electron chi connectivity index (χ1n) is 5.77. The molecule has 0 aliphatic rings. The molecule has 0 rings (SSSR count). The van der Waals surface area contributed by atoms with Crippen LogP contribution in [0.2, 0.25) is 0 Å². The number of unbranched alkanes of at least 4 members (excludes halogenated alkanes) is 1. The molecule has 0 bridgehead atoms. The molecule has 0 amide bonds. The predicted octanol–water partition coefficient (Wildman–Crippen LogP) is 3.14. The fourth-order valence-electron chi connectivity index (χ4n) is 1.05. The van der Waals surface area contributed by atoms with Crippen molar-refractivity contribution in [2.75, 3.05) is 19.9 Å². The van der Waals surface area contributed by atoms with Crippen LogP contribution in [0.1, 0.15) is 26.7 Å². The van der Waals surface area contributed by atoms with Crippen molar-refractivity contribution < 1.29 is 36.3 Å². The van der Waals surface area contributed by atoms with Crippen LogP contribution in [0.25, 0.3) is 0 Å². The summed E-state index contributed by atoms with van der Waals surface area (Å²) in [7, 11) is -3.97. The molecule has 0 fully saturated rings. The van der Waals surface area contributed by atoms with Crippen molar-refractivity contribution in [1.29, 1.82) is 0 Å². The van der Waals surface area contributed by atoms with E-state index in [0.29, 0.717) is 6.42 Å². The molecule has 114 valence electrons. The van der Waals surface area contributed by atoms with Gasteiger partial charge in [0.05, 0.1) is 13.2 Å². The summed E-state index contributed by atoms with van der Waals surface area (Å²) in [4.78, 5) is 11.2. The van der Waals surface area contributed by atoms with Crippen LogP contribution in [0.15, 0.2) is 0 Å². The highest BCUT2D eigenvalue weighted by Gasteiger charge is 2.50. The summed E-state index contributed by atoms with van der Waals surface area (Å²) in [6.07, 6.45) is -6.66. The summed E-state index contributed by atoms with van der Waals surface area (Å²) in [6, 6.07) is 0. The van der Waals surface area contributed by atoms with Crippen molar-refractivity contribution in [3.8, 4) is 0 Å². The SMILES string of the molecule is CCCCO[P@@](C)(=O)O[C@@H](C(=O)OCC)C(F)(F)F. The van der Waals surface area contributed by atoms with Crippen LogP contribution >= 0.6 is 7.60 Å². The minimum atomic E-state index is -5.01. The highest BCUT2D eigenvalue weighted by Crippen LogP contribution is 2.48. The lowest BCUT2D eigenvalue weighted by molar-refractivity contribution is -0.212. The molecule has 0 aliphatic carbocycles. The van der Waals surface area contributed by atoms with E-state index in [1.54, 1.807) is 0 Å². The predicted molar refractivity (Wildman–Crippen MR) is 62.0 cm³/mol. The van der Waals surface area contributed by atoms with Crippen LogP contribution in [0.5, 0.6) is 0 Å². The molecular formula is C10H18F3O5P. The maximum absolute atomic E-state index is 12.6. The summed E-state index contributed by atoms with van der Waals surface area (Å²) in [6.45, 7) is 3.84. The van der Waals surface area contributed by atoms with E-state index in [9.17, 15) is 22.5 Å². The molecule has 0 saturated heterocycles. The molecule has 0 saturated carbocycles. The average molecular weight is 306 g/mol. The lowest BCUT2D eigenvalue weighted by atomic mass is 10.3. The Morgan fingerprint density at radius 3 is 2.32 bits per heavy atom. The number of halogens is 3. The Morgan fingerprint density at radius 2 is 1.89 bits per heavy atom. The lowest BCUT2D eigenvalue weighted by Gasteiger charge is -2.22. The molecule has 19 heavy (non-hydrogen) atoms. The average Bonchev–Trinajstić information content (AvgIpc) is 2.25. The first-order valence-corrected chi connectivity index (χ1v) is 7.76. The zero-order valence-electron chi connectivity index (χ0n) is 11.0. The lowest BCUT2D eigenvalue weighted by Crippen LogP contribution is -2.39. The zero-order chi connectivity index (χ0) is 15.1. The Hall–Kier alpha value is -0.590. The number of alkyl halides is 3. The fraction of sp³-hybridized carbons (Fsp3) is 0.900. The summed E-state index contributed by atoms with van der Waals surface area (Å²) < 4.78 is 62.8. The van der Waals surface area contributed by atoms with Crippen molar-refractivity contribution in [2.24, 2.45) is 0 Å².